The summed E-state index contributed by atoms with van der Waals surface area (Å²) in [6.45, 7) is 2.24. The molecule has 0 spiro atoms. The molecule has 3 heteroatoms. The zero-order valence-corrected chi connectivity index (χ0v) is 11.3. The highest BCUT2D eigenvalue weighted by Crippen LogP contribution is 2.65. The molecule has 3 aliphatic carbocycles. The van der Waals surface area contributed by atoms with Crippen LogP contribution in [0.1, 0.15) is 51.9 Å². The first-order valence-electron chi connectivity index (χ1n) is 7.56. The van der Waals surface area contributed by atoms with Crippen LogP contribution in [0.3, 0.4) is 0 Å². The van der Waals surface area contributed by atoms with Gasteiger partial charge in [-0.1, -0.05) is 13.3 Å². The van der Waals surface area contributed by atoms with Gasteiger partial charge in [-0.3, -0.25) is 4.79 Å². The van der Waals surface area contributed by atoms with Gasteiger partial charge in [0.1, 0.15) is 0 Å². The van der Waals surface area contributed by atoms with Gasteiger partial charge in [-0.2, -0.15) is 0 Å². The van der Waals surface area contributed by atoms with Crippen molar-refractivity contribution >= 4 is 5.97 Å². The maximum atomic E-state index is 11.1. The summed E-state index contributed by atoms with van der Waals surface area (Å²) in [5, 5.41) is 9.11. The highest BCUT2D eigenvalue weighted by Gasteiger charge is 2.63. The minimum atomic E-state index is -0.670. The lowest BCUT2D eigenvalue weighted by molar-refractivity contribution is -0.154. The van der Waals surface area contributed by atoms with Gasteiger partial charge < -0.3 is 10.8 Å². The summed E-state index contributed by atoms with van der Waals surface area (Å²) in [5.41, 5.74) is 6.64. The Morgan fingerprint density at radius 3 is 2.83 bits per heavy atom. The van der Waals surface area contributed by atoms with Gasteiger partial charge in [0.05, 0.1) is 6.42 Å². The van der Waals surface area contributed by atoms with Crippen molar-refractivity contribution in [2.45, 2.75) is 57.9 Å². The molecule has 3 N–H and O–H groups in total. The van der Waals surface area contributed by atoms with E-state index in [4.69, 9.17) is 10.8 Å². The van der Waals surface area contributed by atoms with Crippen LogP contribution in [-0.4, -0.2) is 17.1 Å². The van der Waals surface area contributed by atoms with E-state index >= 15 is 0 Å². The smallest absolute Gasteiger partial charge is 0.303 e. The fourth-order valence-corrected chi connectivity index (χ4v) is 5.66. The van der Waals surface area contributed by atoms with Crippen LogP contribution in [0, 0.1) is 29.1 Å². The molecule has 3 aliphatic rings. The first-order chi connectivity index (χ1) is 8.58. The van der Waals surface area contributed by atoms with E-state index in [0.29, 0.717) is 5.92 Å². The lowest BCUT2D eigenvalue weighted by Gasteiger charge is -2.62. The first kappa shape index (κ1) is 12.5. The number of hydrogen-bond donors (Lipinski definition) is 2. The molecule has 4 unspecified atom stereocenters. The molecule has 0 heterocycles. The fourth-order valence-electron chi connectivity index (χ4n) is 5.66. The Morgan fingerprint density at radius 1 is 1.39 bits per heavy atom. The number of fused-ring (bicyclic) bond motifs is 4. The van der Waals surface area contributed by atoms with E-state index in [1.165, 1.54) is 32.1 Å². The van der Waals surface area contributed by atoms with Crippen molar-refractivity contribution in [2.24, 2.45) is 34.8 Å². The lowest BCUT2D eigenvalue weighted by Crippen LogP contribution is -2.66. The van der Waals surface area contributed by atoms with Crippen molar-refractivity contribution in [1.82, 2.24) is 0 Å². The van der Waals surface area contributed by atoms with E-state index in [-0.39, 0.29) is 23.8 Å². The van der Waals surface area contributed by atoms with Crippen LogP contribution in [0.25, 0.3) is 0 Å². The number of hydrogen-bond acceptors (Lipinski definition) is 2. The molecule has 0 amide bonds. The number of nitrogens with two attached hydrogens (primary N) is 1. The number of carboxylic acids is 1. The third-order valence-electron chi connectivity index (χ3n) is 6.44. The first-order valence-corrected chi connectivity index (χ1v) is 7.56. The molecule has 6 atom stereocenters. The van der Waals surface area contributed by atoms with Gasteiger partial charge in [0.25, 0.3) is 0 Å². The third kappa shape index (κ3) is 1.56. The molecule has 0 saturated heterocycles. The molecule has 102 valence electrons. The quantitative estimate of drug-likeness (QED) is 0.810. The van der Waals surface area contributed by atoms with Gasteiger partial charge in [0.15, 0.2) is 0 Å². The molecule has 0 aliphatic heterocycles. The topological polar surface area (TPSA) is 63.3 Å². The van der Waals surface area contributed by atoms with E-state index in [1.54, 1.807) is 0 Å². The number of rotatable bonds is 3. The third-order valence-corrected chi connectivity index (χ3v) is 6.44. The van der Waals surface area contributed by atoms with E-state index in [2.05, 4.69) is 6.92 Å². The average molecular weight is 251 g/mol. The van der Waals surface area contributed by atoms with Crippen LogP contribution in [0.15, 0.2) is 0 Å². The molecular weight excluding hydrogens is 226 g/mol. The van der Waals surface area contributed by atoms with Crippen molar-refractivity contribution < 1.29 is 9.90 Å². The van der Waals surface area contributed by atoms with Crippen LogP contribution >= 0.6 is 0 Å². The molecule has 0 aromatic carbocycles. The van der Waals surface area contributed by atoms with E-state index < -0.39 is 5.97 Å². The maximum Gasteiger partial charge on any atom is 0.303 e. The molecule has 0 aromatic rings. The van der Waals surface area contributed by atoms with Gasteiger partial charge >= 0.3 is 5.97 Å². The Hall–Kier alpha value is -0.570. The van der Waals surface area contributed by atoms with Gasteiger partial charge in [-0.25, -0.2) is 0 Å². The number of carbonyl (C=O) groups is 1. The highest BCUT2D eigenvalue weighted by molar-refractivity contribution is 5.67. The summed E-state index contributed by atoms with van der Waals surface area (Å²) in [6, 6.07) is 0.142. The summed E-state index contributed by atoms with van der Waals surface area (Å²) in [6.07, 6.45) is 8.02. The van der Waals surface area contributed by atoms with Crippen LogP contribution < -0.4 is 5.73 Å². The van der Waals surface area contributed by atoms with E-state index in [9.17, 15) is 4.79 Å². The van der Waals surface area contributed by atoms with Gasteiger partial charge in [-0.05, 0) is 61.2 Å². The monoisotopic (exact) mass is 251 g/mol. The minimum absolute atomic E-state index is 0.142. The predicted octanol–water partition coefficient (Wildman–Crippen LogP) is 2.64. The van der Waals surface area contributed by atoms with E-state index in [1.807, 2.05) is 0 Å². The Labute approximate surface area is 109 Å². The summed E-state index contributed by atoms with van der Waals surface area (Å²) in [4.78, 5) is 11.1. The molecule has 3 fully saturated rings. The molecule has 3 nitrogen and oxygen atoms in total. The van der Waals surface area contributed by atoms with E-state index in [0.717, 1.165) is 18.3 Å². The Morgan fingerprint density at radius 2 is 2.17 bits per heavy atom. The second kappa shape index (κ2) is 4.22. The van der Waals surface area contributed by atoms with Crippen molar-refractivity contribution in [3.8, 4) is 0 Å². The maximum absolute atomic E-state index is 11.1. The standard InChI is InChI=1S/C15H25NO2/c1-2-15-6-5-9-3-4-10(7-9)13(15)14(16)11(15)8-12(17)18/h9-11,13-14H,2-8,16H2,1H3,(H,17,18)/t9?,10-,11?,13+,14?,15?/m1/s1. The van der Waals surface area contributed by atoms with Gasteiger partial charge in [0, 0.05) is 6.04 Å². The molecule has 3 rings (SSSR count). The zero-order valence-electron chi connectivity index (χ0n) is 11.3. The summed E-state index contributed by atoms with van der Waals surface area (Å²) in [7, 11) is 0. The molecule has 2 bridgehead atoms. The largest absolute Gasteiger partial charge is 0.481 e. The predicted molar refractivity (Wildman–Crippen MR) is 70.0 cm³/mol. The zero-order chi connectivity index (χ0) is 12.9. The van der Waals surface area contributed by atoms with Crippen molar-refractivity contribution in [3.63, 3.8) is 0 Å². The molecule has 18 heavy (non-hydrogen) atoms. The van der Waals surface area contributed by atoms with Crippen LogP contribution in [-0.2, 0) is 4.79 Å². The second-order valence-electron chi connectivity index (χ2n) is 6.87. The summed E-state index contributed by atoms with van der Waals surface area (Å²) < 4.78 is 0. The fraction of sp³-hybridized carbons (Fsp3) is 0.933. The molecule has 3 saturated carbocycles. The van der Waals surface area contributed by atoms with Gasteiger partial charge in [0.2, 0.25) is 0 Å². The Bertz CT molecular complexity index is 356. The van der Waals surface area contributed by atoms with Crippen molar-refractivity contribution in [2.75, 3.05) is 0 Å². The van der Waals surface area contributed by atoms with Gasteiger partial charge in [-0.15, -0.1) is 0 Å². The second-order valence-corrected chi connectivity index (χ2v) is 6.87. The number of carboxylic acid groups (broad SMARTS) is 1. The molecule has 0 radical (unpaired) electrons. The average Bonchev–Trinajstić information content (AvgIpc) is 2.71. The summed E-state index contributed by atoms with van der Waals surface area (Å²) in [5.74, 6) is 1.86. The lowest BCUT2D eigenvalue weighted by atomic mass is 9.44. The van der Waals surface area contributed by atoms with Crippen molar-refractivity contribution in [3.05, 3.63) is 0 Å². The highest BCUT2D eigenvalue weighted by atomic mass is 16.4. The normalized spacial score (nSPS) is 50.2. The minimum Gasteiger partial charge on any atom is -0.481 e. The molecule has 0 aromatic heterocycles. The van der Waals surface area contributed by atoms with Crippen LogP contribution in [0.2, 0.25) is 0 Å². The van der Waals surface area contributed by atoms with Crippen LogP contribution in [0.4, 0.5) is 0 Å². The molecular formula is C15H25NO2. The Balaban J connectivity index is 1.87. The Kier molecular flexibility index (Phi) is 2.92. The van der Waals surface area contributed by atoms with Crippen molar-refractivity contribution in [1.29, 1.82) is 0 Å². The van der Waals surface area contributed by atoms with Crippen LogP contribution in [0.5, 0.6) is 0 Å². The summed E-state index contributed by atoms with van der Waals surface area (Å²) >= 11 is 0. The number of aliphatic carboxylic acids is 1. The SMILES string of the molecule is CCC12CCC3CC[C@H](C3)[C@H]1C(N)C2CC(=O)O.